The van der Waals surface area contributed by atoms with Crippen LogP contribution in [-0.4, -0.2) is 99.5 Å². The van der Waals surface area contributed by atoms with Crippen LogP contribution in [0, 0.1) is 11.3 Å². The molecule has 1 aromatic rings. The average Bonchev–Trinajstić information content (AvgIpc) is 3.46. The van der Waals surface area contributed by atoms with Crippen LogP contribution >= 0.6 is 23.5 Å². The van der Waals surface area contributed by atoms with E-state index in [1.807, 2.05) is 47.8 Å². The van der Waals surface area contributed by atoms with Crippen molar-refractivity contribution >= 4 is 64.8 Å². The SMILES string of the molecule is CC(C)[C@H]1C(=O)N[C@@H](CCCCC(=N)N)C(=O)NCC(=O)N[C@@H](CC(N)=O)C(=O)NC(Cc2cccc(CC[C@H]3SCSC3C)c2)C(=O)N1C. The fraction of sp³-hybridized carbons (Fsp3) is 0.618. The molecule has 3 rings (SSSR count). The van der Waals surface area contributed by atoms with Gasteiger partial charge in [0.25, 0.3) is 0 Å². The van der Waals surface area contributed by atoms with E-state index in [2.05, 4.69) is 28.2 Å². The first-order chi connectivity index (χ1) is 23.7. The van der Waals surface area contributed by atoms with Crippen LogP contribution in [0.15, 0.2) is 24.3 Å². The fourth-order valence-electron chi connectivity index (χ4n) is 6.17. The second-order valence-electron chi connectivity index (χ2n) is 13.3. The summed E-state index contributed by atoms with van der Waals surface area (Å²) in [5.41, 5.74) is 12.8. The van der Waals surface area contributed by atoms with Gasteiger partial charge in [-0.05, 0) is 42.7 Å². The minimum absolute atomic E-state index is 0.00387. The Morgan fingerprint density at radius 1 is 0.940 bits per heavy atom. The van der Waals surface area contributed by atoms with Crippen LogP contribution in [0.5, 0.6) is 0 Å². The minimum Gasteiger partial charge on any atom is -0.388 e. The molecule has 0 saturated carbocycles. The van der Waals surface area contributed by atoms with Gasteiger partial charge in [-0.25, -0.2) is 0 Å². The number of primary amides is 1. The number of aryl methyl sites for hydroxylation is 1. The third-order valence-corrected chi connectivity index (χ3v) is 12.1. The van der Waals surface area contributed by atoms with E-state index >= 15 is 0 Å². The number of thioether (sulfide) groups is 2. The number of unbranched alkanes of at least 4 members (excludes halogenated alkanes) is 1. The average molecular weight is 733 g/mol. The van der Waals surface area contributed by atoms with Gasteiger partial charge in [0.05, 0.1) is 18.8 Å². The number of hydrogen-bond donors (Lipinski definition) is 7. The second kappa shape index (κ2) is 19.6. The fourth-order valence-corrected chi connectivity index (χ4v) is 9.42. The van der Waals surface area contributed by atoms with Crippen molar-refractivity contribution in [2.75, 3.05) is 18.7 Å². The van der Waals surface area contributed by atoms with E-state index < -0.39 is 72.6 Å². The number of benzene rings is 1. The van der Waals surface area contributed by atoms with Crippen LogP contribution in [0.1, 0.15) is 70.4 Å². The Labute approximate surface area is 302 Å². The number of amides is 6. The Morgan fingerprint density at radius 3 is 2.28 bits per heavy atom. The molecule has 2 aliphatic rings. The third-order valence-electron chi connectivity index (χ3n) is 8.87. The number of amidine groups is 1. The Hall–Kier alpha value is -3.79. The molecular weight excluding hydrogens is 681 g/mol. The molecule has 1 aromatic carbocycles. The molecule has 9 N–H and O–H groups in total. The van der Waals surface area contributed by atoms with Crippen molar-refractivity contribution in [2.24, 2.45) is 17.4 Å². The number of carbonyl (C=O) groups excluding carboxylic acids is 6. The van der Waals surface area contributed by atoms with Crippen LogP contribution in [0.4, 0.5) is 0 Å². The van der Waals surface area contributed by atoms with Gasteiger partial charge in [-0.2, -0.15) is 0 Å². The highest BCUT2D eigenvalue weighted by atomic mass is 32.2. The maximum Gasteiger partial charge on any atom is 0.245 e. The van der Waals surface area contributed by atoms with Gasteiger partial charge in [-0.1, -0.05) is 51.5 Å². The maximum atomic E-state index is 14.3. The second-order valence-corrected chi connectivity index (χ2v) is 16.3. The Balaban J connectivity index is 1.94. The zero-order chi connectivity index (χ0) is 37.0. The van der Waals surface area contributed by atoms with Gasteiger partial charge in [-0.15, -0.1) is 23.5 Å². The van der Waals surface area contributed by atoms with Gasteiger partial charge >= 0.3 is 0 Å². The molecule has 2 fully saturated rings. The monoisotopic (exact) mass is 732 g/mol. The van der Waals surface area contributed by atoms with Crippen molar-refractivity contribution in [3.63, 3.8) is 0 Å². The van der Waals surface area contributed by atoms with E-state index in [1.165, 1.54) is 11.9 Å². The van der Waals surface area contributed by atoms with E-state index in [4.69, 9.17) is 16.9 Å². The summed E-state index contributed by atoms with van der Waals surface area (Å²) < 4.78 is 0. The van der Waals surface area contributed by atoms with Crippen LogP contribution in [0.25, 0.3) is 0 Å². The van der Waals surface area contributed by atoms with Crippen LogP contribution < -0.4 is 32.7 Å². The largest absolute Gasteiger partial charge is 0.388 e. The van der Waals surface area contributed by atoms with Gasteiger partial charge in [0.2, 0.25) is 35.4 Å². The summed E-state index contributed by atoms with van der Waals surface area (Å²) in [7, 11) is 1.48. The van der Waals surface area contributed by atoms with Crippen molar-refractivity contribution in [3.05, 3.63) is 35.4 Å². The molecule has 0 aliphatic carbocycles. The predicted molar refractivity (Wildman–Crippen MR) is 196 cm³/mol. The topological polar surface area (TPSA) is 230 Å². The van der Waals surface area contributed by atoms with Gasteiger partial charge in [-0.3, -0.25) is 34.2 Å². The number of nitrogens with zero attached hydrogens (tertiary/aromatic N) is 1. The normalized spacial score (nSPS) is 25.6. The summed E-state index contributed by atoms with van der Waals surface area (Å²) in [6, 6.07) is 3.16. The summed E-state index contributed by atoms with van der Waals surface area (Å²) in [5, 5.41) is 20.1. The van der Waals surface area contributed by atoms with Crippen molar-refractivity contribution < 1.29 is 28.8 Å². The highest BCUT2D eigenvalue weighted by Crippen LogP contribution is 2.38. The summed E-state index contributed by atoms with van der Waals surface area (Å²) in [4.78, 5) is 81.0. The van der Waals surface area contributed by atoms with E-state index in [1.54, 1.807) is 13.8 Å². The molecule has 0 spiro atoms. The Kier molecular flexibility index (Phi) is 15.9. The van der Waals surface area contributed by atoms with Crippen LogP contribution in [0.2, 0.25) is 0 Å². The molecule has 16 heteroatoms. The van der Waals surface area contributed by atoms with E-state index in [0.717, 1.165) is 29.1 Å². The number of likely N-dealkylation sites (N-methyl/N-ethyl adjacent to an activating group) is 1. The molecule has 0 aromatic heterocycles. The minimum atomic E-state index is -1.42. The first kappa shape index (κ1) is 40.6. The highest BCUT2D eigenvalue weighted by Gasteiger charge is 2.37. The zero-order valence-electron chi connectivity index (χ0n) is 29.3. The summed E-state index contributed by atoms with van der Waals surface area (Å²) in [6.07, 6.45) is 2.87. The van der Waals surface area contributed by atoms with E-state index in [-0.39, 0.29) is 24.6 Å². The molecule has 2 saturated heterocycles. The molecule has 14 nitrogen and oxygen atoms in total. The number of nitrogens with two attached hydrogens (primary N) is 2. The summed E-state index contributed by atoms with van der Waals surface area (Å²) >= 11 is 3.92. The molecule has 2 unspecified atom stereocenters. The lowest BCUT2D eigenvalue weighted by molar-refractivity contribution is -0.144. The summed E-state index contributed by atoms with van der Waals surface area (Å²) in [5.74, 6) is -4.59. The summed E-state index contributed by atoms with van der Waals surface area (Å²) in [6.45, 7) is 5.25. The lowest BCUT2D eigenvalue weighted by Crippen LogP contribution is -2.59. The van der Waals surface area contributed by atoms with Crippen molar-refractivity contribution in [1.29, 1.82) is 5.41 Å². The first-order valence-corrected chi connectivity index (χ1v) is 19.1. The van der Waals surface area contributed by atoms with Crippen LogP contribution in [-0.2, 0) is 41.6 Å². The molecule has 2 aliphatic heterocycles. The van der Waals surface area contributed by atoms with E-state index in [9.17, 15) is 28.8 Å². The van der Waals surface area contributed by atoms with Crippen molar-refractivity contribution in [3.8, 4) is 0 Å². The Bertz CT molecular complexity index is 1410. The molecular formula is C34H52N8O6S2. The van der Waals surface area contributed by atoms with E-state index in [0.29, 0.717) is 29.8 Å². The standard InChI is InChI=1S/C34H52N8O6S2/c1-19(2)30-33(47)40-23(10-5-6-11-27(35)36)31(45)38-17-29(44)39-24(16-28(37)43)32(46)41-25(34(48)42(30)4)15-22-9-7-8-21(14-22)12-13-26-20(3)49-18-50-26/h7-9,14,19-20,23-26,30H,5-6,10-13,15-18H2,1-4H3,(H3,35,36)(H2,37,43)(H,38,45)(H,39,44)(H,40,47)(H,41,46)/t20?,23-,24-,25?,26+,30-/m0/s1. The zero-order valence-corrected chi connectivity index (χ0v) is 30.9. The first-order valence-electron chi connectivity index (χ1n) is 17.0. The van der Waals surface area contributed by atoms with Gasteiger partial charge in [0, 0.05) is 35.5 Å². The van der Waals surface area contributed by atoms with Crippen molar-refractivity contribution in [2.45, 2.75) is 107 Å². The Morgan fingerprint density at radius 2 is 1.64 bits per heavy atom. The molecule has 6 amide bonds. The lowest BCUT2D eigenvalue weighted by atomic mass is 9.97. The quantitative estimate of drug-likeness (QED) is 0.0863. The molecule has 6 atom stereocenters. The van der Waals surface area contributed by atoms with Crippen LogP contribution in [0.3, 0.4) is 0 Å². The van der Waals surface area contributed by atoms with Gasteiger partial charge in [0.15, 0.2) is 0 Å². The highest BCUT2D eigenvalue weighted by molar-refractivity contribution is 8.19. The maximum absolute atomic E-state index is 14.3. The third kappa shape index (κ3) is 12.5. The number of nitrogens with one attached hydrogen (secondary N) is 5. The molecule has 2 heterocycles. The van der Waals surface area contributed by atoms with Gasteiger partial charge < -0.3 is 37.6 Å². The molecule has 0 bridgehead atoms. The molecule has 0 radical (unpaired) electrons. The molecule has 276 valence electrons. The smallest absolute Gasteiger partial charge is 0.245 e. The molecule has 50 heavy (non-hydrogen) atoms. The number of rotatable bonds is 13. The van der Waals surface area contributed by atoms with Crippen molar-refractivity contribution in [1.82, 2.24) is 26.2 Å². The lowest BCUT2D eigenvalue weighted by Gasteiger charge is -2.34. The predicted octanol–water partition coefficient (Wildman–Crippen LogP) is 0.795. The van der Waals surface area contributed by atoms with Gasteiger partial charge in [0.1, 0.15) is 24.2 Å². The number of hydrogen-bond acceptors (Lipinski definition) is 9. The number of carbonyl (C=O) groups is 6.